The molecule has 0 fully saturated rings. The number of unbranched alkanes of at least 4 members (excludes halogenated alkanes) is 7. The first-order valence-corrected chi connectivity index (χ1v) is 16.8. The van der Waals surface area contributed by atoms with Crippen molar-refractivity contribution in [3.8, 4) is 5.75 Å². The Morgan fingerprint density at radius 1 is 0.925 bits per heavy atom. The first-order valence-electron chi connectivity index (χ1n) is 14.4. The second kappa shape index (κ2) is 21.4. The van der Waals surface area contributed by atoms with Gasteiger partial charge in [0.25, 0.3) is 0 Å². The average Bonchev–Trinajstić information content (AvgIpc) is 3.34. The molecule has 1 aromatic carbocycles. The van der Waals surface area contributed by atoms with Gasteiger partial charge in [0.05, 0.1) is 44.5 Å². The van der Waals surface area contributed by atoms with Crippen molar-refractivity contribution in [2.75, 3.05) is 53.4 Å². The molecule has 0 aliphatic heterocycles. The Hall–Kier alpha value is -1.36. The second-order valence-electron chi connectivity index (χ2n) is 9.77. The van der Waals surface area contributed by atoms with Gasteiger partial charge in [-0.25, -0.2) is 4.57 Å². The number of phosphoric ester groups is 1. The lowest BCUT2D eigenvalue weighted by Gasteiger charge is -2.18. The van der Waals surface area contributed by atoms with Gasteiger partial charge >= 0.3 is 7.82 Å². The number of aryl methyl sites for hydroxylation is 1. The molecule has 0 bridgehead atoms. The minimum atomic E-state index is -4.33. The zero-order valence-corrected chi connectivity index (χ0v) is 26.2. The number of thiazole rings is 1. The summed E-state index contributed by atoms with van der Waals surface area (Å²) in [5.41, 5.74) is 2.97. The zero-order chi connectivity index (χ0) is 28.9. The first kappa shape index (κ1) is 34.8. The van der Waals surface area contributed by atoms with E-state index in [0.717, 1.165) is 18.6 Å². The molecule has 2 aromatic rings. The van der Waals surface area contributed by atoms with E-state index in [9.17, 15) is 9.46 Å². The molecule has 2 atom stereocenters. The molecule has 1 aromatic heterocycles. The number of nitrogens with zero attached hydrogens (tertiary/aromatic N) is 1. The number of hydrogen-bond donors (Lipinski definition) is 1. The number of benzene rings is 1. The SMILES string of the molecule is CCCCCCCCCCOCCOCCOCC(COP(=O)(O)Oc1cccc(C[n+]2csc(C)c2)c1)OC. The van der Waals surface area contributed by atoms with Gasteiger partial charge < -0.3 is 23.5 Å². The standard InChI is InChI=1S/C29H48NO8PS/c1-4-5-6-7-8-9-10-11-15-34-16-17-35-18-19-36-23-29(33-3)24-37-39(31,32)38-28-14-12-13-27(20-28)22-30-21-26(2)40-25-30/h12-14,20-21,25,29H,4-11,15-19,22-24H2,1-3H3/p+1. The summed E-state index contributed by atoms with van der Waals surface area (Å²) in [6, 6.07) is 7.06. The number of aromatic nitrogens is 1. The van der Waals surface area contributed by atoms with Crippen molar-refractivity contribution < 1.29 is 42.0 Å². The summed E-state index contributed by atoms with van der Waals surface area (Å²) >= 11 is 1.66. The Morgan fingerprint density at radius 2 is 1.60 bits per heavy atom. The monoisotopic (exact) mass is 602 g/mol. The summed E-state index contributed by atoms with van der Waals surface area (Å²) in [6.07, 6.45) is 11.8. The van der Waals surface area contributed by atoms with Crippen molar-refractivity contribution in [2.45, 2.75) is 77.9 Å². The maximum absolute atomic E-state index is 12.5. The van der Waals surface area contributed by atoms with E-state index >= 15 is 0 Å². The molecular weight excluding hydrogens is 553 g/mol. The number of hydrogen-bond acceptors (Lipinski definition) is 8. The Kier molecular flexibility index (Phi) is 18.6. The van der Waals surface area contributed by atoms with Crippen LogP contribution in [0.1, 0.15) is 68.7 Å². The molecule has 40 heavy (non-hydrogen) atoms. The van der Waals surface area contributed by atoms with E-state index in [2.05, 4.69) is 11.5 Å². The fraction of sp³-hybridized carbons (Fsp3) is 0.690. The molecule has 2 rings (SSSR count). The number of methoxy groups -OCH3 is 1. The van der Waals surface area contributed by atoms with Gasteiger partial charge in [0.1, 0.15) is 11.9 Å². The van der Waals surface area contributed by atoms with Crippen LogP contribution < -0.4 is 9.09 Å². The molecule has 0 spiro atoms. The summed E-state index contributed by atoms with van der Waals surface area (Å²) in [7, 11) is -2.84. The summed E-state index contributed by atoms with van der Waals surface area (Å²) in [5.74, 6) is 0.264. The fourth-order valence-corrected chi connectivity index (χ4v) is 5.37. The van der Waals surface area contributed by atoms with Gasteiger partial charge in [0.2, 0.25) is 5.51 Å². The van der Waals surface area contributed by atoms with E-state index in [1.165, 1.54) is 56.9 Å². The second-order valence-corrected chi connectivity index (χ2v) is 12.2. The molecule has 0 saturated carbocycles. The zero-order valence-electron chi connectivity index (χ0n) is 24.5. The van der Waals surface area contributed by atoms with Crippen LogP contribution in [0.5, 0.6) is 5.75 Å². The maximum atomic E-state index is 12.5. The van der Waals surface area contributed by atoms with Crippen LogP contribution in [0.15, 0.2) is 36.0 Å². The van der Waals surface area contributed by atoms with E-state index in [1.807, 2.05) is 24.7 Å². The van der Waals surface area contributed by atoms with E-state index in [-0.39, 0.29) is 19.0 Å². The third kappa shape index (κ3) is 16.8. The minimum absolute atomic E-state index is 0.151. The van der Waals surface area contributed by atoms with Crippen molar-refractivity contribution in [1.29, 1.82) is 0 Å². The quantitative estimate of drug-likeness (QED) is 0.0828. The Balaban J connectivity index is 1.50. The molecule has 1 N–H and O–H groups in total. The van der Waals surface area contributed by atoms with E-state index < -0.39 is 13.9 Å². The Labute approximate surface area is 244 Å². The first-order chi connectivity index (χ1) is 19.4. The van der Waals surface area contributed by atoms with Crippen LogP contribution in [0.3, 0.4) is 0 Å². The molecule has 0 aliphatic carbocycles. The Morgan fingerprint density at radius 3 is 2.27 bits per heavy atom. The molecule has 9 nitrogen and oxygen atoms in total. The predicted octanol–water partition coefficient (Wildman–Crippen LogP) is 6.09. The van der Waals surface area contributed by atoms with Gasteiger partial charge in [-0.1, -0.05) is 75.3 Å². The number of rotatable bonds is 25. The molecular formula is C29H49NO8PS+. The van der Waals surface area contributed by atoms with Crippen molar-refractivity contribution >= 4 is 19.2 Å². The molecule has 0 aliphatic rings. The molecule has 0 amide bonds. The highest BCUT2D eigenvalue weighted by Crippen LogP contribution is 2.44. The summed E-state index contributed by atoms with van der Waals surface area (Å²) in [6.45, 7) is 7.65. The highest BCUT2D eigenvalue weighted by atomic mass is 32.1. The summed E-state index contributed by atoms with van der Waals surface area (Å²) in [4.78, 5) is 11.4. The van der Waals surface area contributed by atoms with Crippen molar-refractivity contribution in [2.24, 2.45) is 0 Å². The number of phosphoric acid groups is 1. The van der Waals surface area contributed by atoms with Gasteiger partial charge in [0.15, 0.2) is 12.7 Å². The van der Waals surface area contributed by atoms with E-state index in [1.54, 1.807) is 29.5 Å². The van der Waals surface area contributed by atoms with Gasteiger partial charge in [0, 0.05) is 19.3 Å². The summed E-state index contributed by atoms with van der Waals surface area (Å²) < 4.78 is 47.0. The third-order valence-corrected chi connectivity index (χ3v) is 7.92. The normalized spacial score (nSPS) is 13.8. The lowest BCUT2D eigenvalue weighted by molar-refractivity contribution is -0.683. The Bertz CT molecular complexity index is 960. The van der Waals surface area contributed by atoms with E-state index in [0.29, 0.717) is 33.0 Å². The van der Waals surface area contributed by atoms with Crippen molar-refractivity contribution in [3.63, 3.8) is 0 Å². The lowest BCUT2D eigenvalue weighted by Crippen LogP contribution is -2.30. The molecule has 2 unspecified atom stereocenters. The third-order valence-electron chi connectivity index (χ3n) is 6.15. The fourth-order valence-electron chi connectivity index (χ4n) is 3.95. The van der Waals surface area contributed by atoms with Crippen LogP contribution in [0.2, 0.25) is 0 Å². The lowest BCUT2D eigenvalue weighted by atomic mass is 10.1. The smallest absolute Gasteiger partial charge is 0.404 e. The molecule has 11 heteroatoms. The van der Waals surface area contributed by atoms with Crippen LogP contribution in [0.25, 0.3) is 0 Å². The highest BCUT2D eigenvalue weighted by Gasteiger charge is 2.25. The largest absolute Gasteiger partial charge is 0.527 e. The molecule has 1 heterocycles. The van der Waals surface area contributed by atoms with Crippen LogP contribution in [-0.4, -0.2) is 64.4 Å². The topological polar surface area (TPSA) is 96.6 Å². The van der Waals surface area contributed by atoms with Crippen molar-refractivity contribution in [1.82, 2.24) is 0 Å². The van der Waals surface area contributed by atoms with Crippen molar-refractivity contribution in [3.05, 3.63) is 46.4 Å². The van der Waals surface area contributed by atoms with Crippen LogP contribution in [0, 0.1) is 6.92 Å². The molecule has 0 saturated heterocycles. The minimum Gasteiger partial charge on any atom is -0.404 e. The molecule has 0 radical (unpaired) electrons. The van der Waals surface area contributed by atoms with Crippen LogP contribution in [0.4, 0.5) is 0 Å². The average molecular weight is 603 g/mol. The predicted molar refractivity (Wildman–Crippen MR) is 157 cm³/mol. The van der Waals surface area contributed by atoms with E-state index in [4.69, 9.17) is 28.0 Å². The van der Waals surface area contributed by atoms with Crippen LogP contribution in [-0.2, 0) is 34.6 Å². The van der Waals surface area contributed by atoms with Gasteiger partial charge in [-0.15, -0.1) is 0 Å². The van der Waals surface area contributed by atoms with Gasteiger partial charge in [-0.2, -0.15) is 4.57 Å². The van der Waals surface area contributed by atoms with Gasteiger partial charge in [-0.05, 0) is 25.5 Å². The number of ether oxygens (including phenoxy) is 4. The van der Waals surface area contributed by atoms with Crippen LogP contribution >= 0.6 is 19.2 Å². The van der Waals surface area contributed by atoms with Gasteiger partial charge in [-0.3, -0.25) is 9.42 Å². The maximum Gasteiger partial charge on any atom is 0.527 e. The molecule has 228 valence electrons. The summed E-state index contributed by atoms with van der Waals surface area (Å²) in [5, 5.41) is 0. The highest BCUT2D eigenvalue weighted by molar-refractivity contribution is 7.47.